The second-order valence-electron chi connectivity index (χ2n) is 9.16. The number of rotatable bonds is 11. The van der Waals surface area contributed by atoms with Gasteiger partial charge in [0, 0.05) is 11.8 Å². The molecular weight excluding hydrogens is 442 g/mol. The SMILES string of the molecule is CC[C@@](OCc1ccccc1)(c1ccnc(OC)c1COCc1ccccc1)[C@H]1COC(C)(C)O1. The second-order valence-corrected chi connectivity index (χ2v) is 9.16. The minimum absolute atomic E-state index is 0.314. The summed E-state index contributed by atoms with van der Waals surface area (Å²) in [6, 6.07) is 22.3. The van der Waals surface area contributed by atoms with Crippen molar-refractivity contribution >= 4 is 0 Å². The minimum Gasteiger partial charge on any atom is -0.481 e. The zero-order valence-electron chi connectivity index (χ0n) is 21.0. The molecule has 35 heavy (non-hydrogen) atoms. The van der Waals surface area contributed by atoms with Crippen molar-refractivity contribution in [1.82, 2.24) is 4.98 Å². The maximum absolute atomic E-state index is 6.79. The lowest BCUT2D eigenvalue weighted by Gasteiger charge is -2.39. The van der Waals surface area contributed by atoms with Crippen LogP contribution < -0.4 is 4.74 Å². The predicted molar refractivity (Wildman–Crippen MR) is 134 cm³/mol. The highest BCUT2D eigenvalue weighted by Gasteiger charge is 2.49. The van der Waals surface area contributed by atoms with Gasteiger partial charge in [-0.15, -0.1) is 0 Å². The van der Waals surface area contributed by atoms with E-state index in [1.807, 2.05) is 68.4 Å². The van der Waals surface area contributed by atoms with Crippen molar-refractivity contribution in [2.24, 2.45) is 0 Å². The van der Waals surface area contributed by atoms with Crippen LogP contribution in [0.2, 0.25) is 0 Å². The van der Waals surface area contributed by atoms with Crippen molar-refractivity contribution in [2.75, 3.05) is 13.7 Å². The van der Waals surface area contributed by atoms with Gasteiger partial charge in [0.25, 0.3) is 0 Å². The third-order valence-electron chi connectivity index (χ3n) is 6.42. The molecular formula is C29H35NO5. The number of benzene rings is 2. The molecule has 3 aromatic rings. The molecule has 6 heteroatoms. The minimum atomic E-state index is -0.786. The van der Waals surface area contributed by atoms with E-state index < -0.39 is 11.4 Å². The van der Waals surface area contributed by atoms with Gasteiger partial charge in [-0.25, -0.2) is 4.98 Å². The van der Waals surface area contributed by atoms with Crippen LogP contribution in [0.1, 0.15) is 49.4 Å². The number of hydrogen-bond acceptors (Lipinski definition) is 6. The first kappa shape index (κ1) is 25.3. The summed E-state index contributed by atoms with van der Waals surface area (Å²) in [5.74, 6) is -0.169. The Bertz CT molecular complexity index is 1070. The highest BCUT2D eigenvalue weighted by atomic mass is 16.8. The average molecular weight is 478 g/mol. The van der Waals surface area contributed by atoms with E-state index >= 15 is 0 Å². The van der Waals surface area contributed by atoms with Crippen LogP contribution in [0, 0.1) is 0 Å². The standard InChI is InChI=1S/C29H35NO5/c1-5-29(26-21-33-28(2,3)35-26,34-19-23-14-10-7-11-15-23)25-16-17-30-27(31-4)24(25)20-32-18-22-12-8-6-9-13-22/h6-17,26H,5,18-21H2,1-4H3/t26-,29-/m1/s1. The van der Waals surface area contributed by atoms with Crippen LogP contribution in [0.25, 0.3) is 0 Å². The van der Waals surface area contributed by atoms with Crippen LogP contribution in [0.15, 0.2) is 72.9 Å². The van der Waals surface area contributed by atoms with E-state index in [9.17, 15) is 0 Å². The van der Waals surface area contributed by atoms with Gasteiger partial charge in [-0.1, -0.05) is 67.6 Å². The largest absolute Gasteiger partial charge is 0.481 e. The molecule has 0 radical (unpaired) electrons. The molecule has 1 aliphatic heterocycles. The highest BCUT2D eigenvalue weighted by Crippen LogP contribution is 2.44. The topological polar surface area (TPSA) is 59.0 Å². The van der Waals surface area contributed by atoms with Crippen molar-refractivity contribution < 1.29 is 23.7 Å². The average Bonchev–Trinajstić information content (AvgIpc) is 3.26. The van der Waals surface area contributed by atoms with E-state index in [1.165, 1.54) is 0 Å². The lowest BCUT2D eigenvalue weighted by atomic mass is 9.83. The quantitative estimate of drug-likeness (QED) is 0.349. The van der Waals surface area contributed by atoms with Gasteiger partial charge >= 0.3 is 0 Å². The first-order valence-electron chi connectivity index (χ1n) is 12.1. The number of hydrogen-bond donors (Lipinski definition) is 0. The van der Waals surface area contributed by atoms with E-state index in [4.69, 9.17) is 23.7 Å². The van der Waals surface area contributed by atoms with Crippen molar-refractivity contribution in [3.63, 3.8) is 0 Å². The molecule has 2 atom stereocenters. The lowest BCUT2D eigenvalue weighted by Crippen LogP contribution is -2.45. The fourth-order valence-corrected chi connectivity index (χ4v) is 4.60. The summed E-state index contributed by atoms with van der Waals surface area (Å²) in [6.45, 7) is 7.64. The van der Waals surface area contributed by atoms with Gasteiger partial charge < -0.3 is 23.7 Å². The van der Waals surface area contributed by atoms with Crippen molar-refractivity contribution in [1.29, 1.82) is 0 Å². The fourth-order valence-electron chi connectivity index (χ4n) is 4.60. The third kappa shape index (κ3) is 5.90. The molecule has 0 N–H and O–H groups in total. The number of aromatic nitrogens is 1. The Morgan fingerprint density at radius 3 is 2.17 bits per heavy atom. The lowest BCUT2D eigenvalue weighted by molar-refractivity contribution is -0.192. The molecule has 0 aliphatic carbocycles. The molecule has 1 aliphatic rings. The van der Waals surface area contributed by atoms with E-state index in [0.717, 1.165) is 22.3 Å². The maximum atomic E-state index is 6.79. The smallest absolute Gasteiger partial charge is 0.218 e. The summed E-state index contributed by atoms with van der Waals surface area (Å²) in [5, 5.41) is 0. The molecule has 186 valence electrons. The van der Waals surface area contributed by atoms with Crippen LogP contribution in [-0.4, -0.2) is 30.6 Å². The van der Waals surface area contributed by atoms with Crippen LogP contribution >= 0.6 is 0 Å². The second kappa shape index (κ2) is 11.3. The Morgan fingerprint density at radius 1 is 0.943 bits per heavy atom. The molecule has 1 aromatic heterocycles. The first-order chi connectivity index (χ1) is 17.0. The Morgan fingerprint density at radius 2 is 1.60 bits per heavy atom. The predicted octanol–water partition coefficient (Wildman–Crippen LogP) is 5.78. The Hall–Kier alpha value is -2.77. The molecule has 0 saturated carbocycles. The van der Waals surface area contributed by atoms with Gasteiger partial charge in [-0.05, 0) is 43.0 Å². The van der Waals surface area contributed by atoms with Crippen molar-refractivity contribution in [2.45, 2.75) is 64.5 Å². The Kier molecular flexibility index (Phi) is 8.19. The van der Waals surface area contributed by atoms with Gasteiger partial charge in [-0.2, -0.15) is 0 Å². The highest BCUT2D eigenvalue weighted by molar-refractivity contribution is 5.39. The summed E-state index contributed by atoms with van der Waals surface area (Å²) in [7, 11) is 1.63. The van der Waals surface area contributed by atoms with E-state index in [0.29, 0.717) is 38.7 Å². The molecule has 4 rings (SSSR count). The van der Waals surface area contributed by atoms with Crippen molar-refractivity contribution in [3.05, 3.63) is 95.2 Å². The van der Waals surface area contributed by atoms with E-state index in [1.54, 1.807) is 13.3 Å². The van der Waals surface area contributed by atoms with E-state index in [-0.39, 0.29) is 6.10 Å². The van der Waals surface area contributed by atoms with Crippen LogP contribution in [0.3, 0.4) is 0 Å². The molecule has 2 aromatic carbocycles. The van der Waals surface area contributed by atoms with Gasteiger partial charge in [0.15, 0.2) is 5.79 Å². The number of ether oxygens (including phenoxy) is 5. The summed E-state index contributed by atoms with van der Waals surface area (Å²) >= 11 is 0. The van der Waals surface area contributed by atoms with Gasteiger partial charge in [0.05, 0.1) is 33.5 Å². The van der Waals surface area contributed by atoms with Crippen molar-refractivity contribution in [3.8, 4) is 5.88 Å². The Balaban J connectivity index is 1.69. The summed E-state index contributed by atoms with van der Waals surface area (Å²) in [6.07, 6.45) is 2.11. The first-order valence-corrected chi connectivity index (χ1v) is 12.1. The molecule has 6 nitrogen and oxygen atoms in total. The monoisotopic (exact) mass is 477 g/mol. The van der Waals surface area contributed by atoms with Crippen LogP contribution in [-0.2, 0) is 44.4 Å². The zero-order chi connectivity index (χ0) is 24.7. The van der Waals surface area contributed by atoms with Crippen LogP contribution in [0.5, 0.6) is 5.88 Å². The maximum Gasteiger partial charge on any atom is 0.218 e. The van der Waals surface area contributed by atoms with Gasteiger partial charge in [-0.3, -0.25) is 0 Å². The zero-order valence-corrected chi connectivity index (χ0v) is 21.0. The Labute approximate surface area is 208 Å². The molecule has 0 bridgehead atoms. The summed E-state index contributed by atoms with van der Waals surface area (Å²) in [4.78, 5) is 4.47. The summed E-state index contributed by atoms with van der Waals surface area (Å²) in [5.41, 5.74) is 3.21. The van der Waals surface area contributed by atoms with Crippen LogP contribution in [0.4, 0.5) is 0 Å². The van der Waals surface area contributed by atoms with Gasteiger partial charge in [0.2, 0.25) is 5.88 Å². The molecule has 0 spiro atoms. The van der Waals surface area contributed by atoms with E-state index in [2.05, 4.69) is 24.0 Å². The number of pyridine rings is 1. The molecule has 0 amide bonds. The molecule has 1 fully saturated rings. The fraction of sp³-hybridized carbons (Fsp3) is 0.414. The normalized spacial score (nSPS) is 18.8. The summed E-state index contributed by atoms with van der Waals surface area (Å²) < 4.78 is 31.0. The number of methoxy groups -OCH3 is 1. The number of nitrogens with zero attached hydrogens (tertiary/aromatic N) is 1. The third-order valence-corrected chi connectivity index (χ3v) is 6.42. The molecule has 1 saturated heterocycles. The molecule has 2 heterocycles. The van der Waals surface area contributed by atoms with Gasteiger partial charge in [0.1, 0.15) is 11.7 Å². The molecule has 0 unspecified atom stereocenters.